The zero-order valence-corrected chi connectivity index (χ0v) is 10.5. The second kappa shape index (κ2) is 6.54. The Morgan fingerprint density at radius 2 is 2.06 bits per heavy atom. The van der Waals surface area contributed by atoms with Crippen molar-refractivity contribution in [1.29, 1.82) is 0 Å². The van der Waals surface area contributed by atoms with Crippen LogP contribution in [0, 0.1) is 12.3 Å². The van der Waals surface area contributed by atoms with Crippen LogP contribution in [0.15, 0.2) is 28.5 Å². The maximum Gasteiger partial charge on any atom is 0.120 e. The molecular formula is C13H17N3O. The first-order chi connectivity index (χ1) is 8.24. The third-order valence-electron chi connectivity index (χ3n) is 2.37. The lowest BCUT2D eigenvalue weighted by molar-refractivity contribution is 0.300. The molecule has 0 heterocycles. The Hall–Kier alpha value is -2.02. The van der Waals surface area contributed by atoms with Gasteiger partial charge in [0.2, 0.25) is 0 Å². The highest BCUT2D eigenvalue weighted by Crippen LogP contribution is 2.24. The molecule has 4 nitrogen and oxygen atoms in total. The van der Waals surface area contributed by atoms with Crippen LogP contribution < -0.4 is 4.74 Å². The maximum atomic E-state index is 5.42. The van der Waals surface area contributed by atoms with Crippen LogP contribution in [0.4, 0.5) is 5.69 Å². The first-order valence-electron chi connectivity index (χ1n) is 5.56. The molecule has 1 aromatic rings. The summed E-state index contributed by atoms with van der Waals surface area (Å²) in [7, 11) is 1.60. The first kappa shape index (κ1) is 13.0. The summed E-state index contributed by atoms with van der Waals surface area (Å²) in [5, 5.41) is 10.1. The van der Waals surface area contributed by atoms with E-state index in [1.807, 2.05) is 24.9 Å². The van der Waals surface area contributed by atoms with E-state index in [9.17, 15) is 0 Å². The average molecular weight is 231 g/mol. The third kappa shape index (κ3) is 3.49. The summed E-state index contributed by atoms with van der Waals surface area (Å²) in [6.45, 7) is 5.69. The molecule has 0 aromatic heterocycles. The SMILES string of the molecule is C#Cc1cc(OC)ccc1N=NN(CC)CC. The van der Waals surface area contributed by atoms with Crippen LogP contribution in [-0.4, -0.2) is 25.2 Å². The van der Waals surface area contributed by atoms with Gasteiger partial charge in [0, 0.05) is 13.1 Å². The number of nitrogens with zero attached hydrogens (tertiary/aromatic N) is 3. The van der Waals surface area contributed by atoms with Crippen molar-refractivity contribution < 1.29 is 4.74 Å². The topological polar surface area (TPSA) is 37.2 Å². The fourth-order valence-electron chi connectivity index (χ4n) is 1.31. The quantitative estimate of drug-likeness (QED) is 0.444. The molecule has 0 atom stereocenters. The fraction of sp³-hybridized carbons (Fsp3) is 0.385. The second-order valence-electron chi connectivity index (χ2n) is 3.36. The Morgan fingerprint density at radius 3 is 2.59 bits per heavy atom. The highest BCUT2D eigenvalue weighted by atomic mass is 16.5. The van der Waals surface area contributed by atoms with Crippen molar-refractivity contribution in [3.8, 4) is 18.1 Å². The van der Waals surface area contributed by atoms with Crippen molar-refractivity contribution in [3.63, 3.8) is 0 Å². The van der Waals surface area contributed by atoms with Crippen molar-refractivity contribution in [2.75, 3.05) is 20.2 Å². The molecule has 1 aromatic carbocycles. The van der Waals surface area contributed by atoms with Crippen molar-refractivity contribution in [1.82, 2.24) is 5.01 Å². The van der Waals surface area contributed by atoms with Crippen molar-refractivity contribution in [2.45, 2.75) is 13.8 Å². The Balaban J connectivity index is 2.95. The van der Waals surface area contributed by atoms with E-state index in [1.165, 1.54) is 0 Å². The molecule has 0 saturated carbocycles. The summed E-state index contributed by atoms with van der Waals surface area (Å²) >= 11 is 0. The van der Waals surface area contributed by atoms with E-state index in [-0.39, 0.29) is 0 Å². The van der Waals surface area contributed by atoms with Crippen LogP contribution in [0.1, 0.15) is 19.4 Å². The minimum Gasteiger partial charge on any atom is -0.497 e. The lowest BCUT2D eigenvalue weighted by atomic mass is 10.2. The monoisotopic (exact) mass is 231 g/mol. The Labute approximate surface area is 102 Å². The van der Waals surface area contributed by atoms with Gasteiger partial charge in [0.1, 0.15) is 11.4 Å². The predicted octanol–water partition coefficient (Wildman–Crippen LogP) is 3.02. The number of benzene rings is 1. The Kier molecular flexibility index (Phi) is 5.02. The van der Waals surface area contributed by atoms with Gasteiger partial charge in [-0.15, -0.1) is 11.5 Å². The lowest BCUT2D eigenvalue weighted by Crippen LogP contribution is -2.14. The smallest absolute Gasteiger partial charge is 0.120 e. The Bertz CT molecular complexity index is 431. The fourth-order valence-corrected chi connectivity index (χ4v) is 1.31. The second-order valence-corrected chi connectivity index (χ2v) is 3.36. The maximum absolute atomic E-state index is 5.42. The van der Waals surface area contributed by atoms with E-state index in [1.54, 1.807) is 19.2 Å². The lowest BCUT2D eigenvalue weighted by Gasteiger charge is -2.11. The molecule has 0 fully saturated rings. The van der Waals surface area contributed by atoms with Crippen LogP contribution >= 0.6 is 0 Å². The van der Waals surface area contributed by atoms with Crippen molar-refractivity contribution in [3.05, 3.63) is 23.8 Å². The van der Waals surface area contributed by atoms with Gasteiger partial charge in [-0.2, -0.15) is 0 Å². The molecule has 0 spiro atoms. The van der Waals surface area contributed by atoms with E-state index >= 15 is 0 Å². The summed E-state index contributed by atoms with van der Waals surface area (Å²) in [4.78, 5) is 0. The van der Waals surface area contributed by atoms with Gasteiger partial charge in [-0.25, -0.2) is 0 Å². The summed E-state index contributed by atoms with van der Waals surface area (Å²) in [6.07, 6.45) is 5.42. The van der Waals surface area contributed by atoms with Gasteiger partial charge in [0.15, 0.2) is 0 Å². The summed E-state index contributed by atoms with van der Waals surface area (Å²) in [6, 6.07) is 5.40. The van der Waals surface area contributed by atoms with Gasteiger partial charge < -0.3 is 4.74 Å². The summed E-state index contributed by atoms with van der Waals surface area (Å²) < 4.78 is 5.10. The zero-order valence-electron chi connectivity index (χ0n) is 10.5. The Morgan fingerprint density at radius 1 is 1.35 bits per heavy atom. The van der Waals surface area contributed by atoms with Gasteiger partial charge in [-0.1, -0.05) is 11.1 Å². The van der Waals surface area contributed by atoms with Crippen LogP contribution in [0.3, 0.4) is 0 Å². The molecule has 90 valence electrons. The molecule has 1 rings (SSSR count). The molecule has 0 aliphatic rings. The number of methoxy groups -OCH3 is 1. The van der Waals surface area contributed by atoms with E-state index in [2.05, 4.69) is 16.3 Å². The molecule has 0 radical (unpaired) electrons. The van der Waals surface area contributed by atoms with Crippen molar-refractivity contribution >= 4 is 5.69 Å². The van der Waals surface area contributed by atoms with E-state index in [4.69, 9.17) is 11.2 Å². The standard InChI is InChI=1S/C13H17N3O/c1-5-11-10-12(17-4)8-9-13(11)14-15-16(6-2)7-3/h1,8-10H,6-7H2,2-4H3. The van der Waals surface area contributed by atoms with Gasteiger partial charge in [-0.05, 0) is 32.0 Å². The molecule has 0 saturated heterocycles. The van der Waals surface area contributed by atoms with Gasteiger partial charge >= 0.3 is 0 Å². The molecule has 0 bridgehead atoms. The van der Waals surface area contributed by atoms with Gasteiger partial charge in [0.05, 0.1) is 12.7 Å². The van der Waals surface area contributed by atoms with Crippen molar-refractivity contribution in [2.24, 2.45) is 10.3 Å². The minimum absolute atomic E-state index is 0.681. The van der Waals surface area contributed by atoms with Gasteiger partial charge in [0.25, 0.3) is 0 Å². The number of terminal acetylenes is 1. The van der Waals surface area contributed by atoms with Crippen LogP contribution in [0.2, 0.25) is 0 Å². The summed E-state index contributed by atoms with van der Waals surface area (Å²) in [5.74, 6) is 3.30. The zero-order chi connectivity index (χ0) is 12.7. The molecule has 0 N–H and O–H groups in total. The number of rotatable bonds is 5. The minimum atomic E-state index is 0.681. The average Bonchev–Trinajstić information content (AvgIpc) is 2.39. The van der Waals surface area contributed by atoms with Crippen LogP contribution in [0.25, 0.3) is 0 Å². The first-order valence-corrected chi connectivity index (χ1v) is 5.56. The van der Waals surface area contributed by atoms with E-state index in [0.717, 1.165) is 18.8 Å². The largest absolute Gasteiger partial charge is 0.497 e. The highest BCUT2D eigenvalue weighted by molar-refractivity contribution is 5.56. The van der Waals surface area contributed by atoms with E-state index < -0.39 is 0 Å². The normalized spacial score (nSPS) is 10.2. The third-order valence-corrected chi connectivity index (χ3v) is 2.37. The van der Waals surface area contributed by atoms with E-state index in [0.29, 0.717) is 11.3 Å². The molecule has 0 unspecified atom stereocenters. The highest BCUT2D eigenvalue weighted by Gasteiger charge is 2.02. The molecule has 4 heteroatoms. The molecule has 17 heavy (non-hydrogen) atoms. The predicted molar refractivity (Wildman–Crippen MR) is 68.4 cm³/mol. The van der Waals surface area contributed by atoms with Gasteiger partial charge in [-0.3, -0.25) is 5.01 Å². The molecular weight excluding hydrogens is 214 g/mol. The van der Waals surface area contributed by atoms with Crippen LogP contribution in [-0.2, 0) is 0 Å². The molecule has 0 aliphatic heterocycles. The summed E-state index contributed by atoms with van der Waals surface area (Å²) in [5.41, 5.74) is 1.36. The molecule has 0 aliphatic carbocycles. The molecule has 0 amide bonds. The van der Waals surface area contributed by atoms with Crippen LogP contribution in [0.5, 0.6) is 5.75 Å². The number of hydrogen-bond donors (Lipinski definition) is 0. The number of hydrogen-bond acceptors (Lipinski definition) is 3. The number of ether oxygens (including phenoxy) is 1.